The summed E-state index contributed by atoms with van der Waals surface area (Å²) in [5.41, 5.74) is 1.81. The third kappa shape index (κ3) is 3.85. The van der Waals surface area contributed by atoms with Crippen LogP contribution < -0.4 is 5.32 Å². The largest absolute Gasteiger partial charge is 0.289 e. The minimum absolute atomic E-state index is 0.173. The van der Waals surface area contributed by atoms with Crippen molar-refractivity contribution in [2.45, 2.75) is 26.9 Å². The molecule has 2 heterocycles. The second kappa shape index (κ2) is 7.02. The number of hydrogen-bond acceptors (Lipinski definition) is 4. The van der Waals surface area contributed by atoms with E-state index >= 15 is 0 Å². The summed E-state index contributed by atoms with van der Waals surface area (Å²) in [5, 5.41) is 11.4. The van der Waals surface area contributed by atoms with Gasteiger partial charge < -0.3 is 0 Å². The van der Waals surface area contributed by atoms with Gasteiger partial charge in [0.05, 0.1) is 17.8 Å². The molecule has 1 N–H and O–H groups in total. The highest BCUT2D eigenvalue weighted by Gasteiger charge is 2.15. The lowest BCUT2D eigenvalue weighted by Crippen LogP contribution is -2.14. The van der Waals surface area contributed by atoms with E-state index in [4.69, 9.17) is 11.6 Å². The number of rotatable bonds is 5. The lowest BCUT2D eigenvalue weighted by atomic mass is 10.2. The molecule has 0 radical (unpaired) electrons. The molecule has 3 rings (SSSR count). The molecule has 0 aliphatic carbocycles. The molecule has 1 amide bonds. The highest BCUT2D eigenvalue weighted by atomic mass is 35.5. The maximum absolute atomic E-state index is 13.1. The molecule has 25 heavy (non-hydrogen) atoms. The van der Waals surface area contributed by atoms with E-state index in [-0.39, 0.29) is 11.9 Å². The molecule has 7 nitrogen and oxygen atoms in total. The number of aromatic nitrogens is 5. The van der Waals surface area contributed by atoms with Crippen molar-refractivity contribution >= 4 is 23.5 Å². The number of aryl methyl sites for hydroxylation is 2. The van der Waals surface area contributed by atoms with Gasteiger partial charge >= 0.3 is 0 Å². The Bertz CT molecular complexity index is 919. The van der Waals surface area contributed by atoms with Gasteiger partial charge in [-0.1, -0.05) is 17.7 Å². The number of anilines is 1. The molecule has 0 unspecified atom stereocenters. The standard InChI is InChI=1S/C16H16ClFN6O/c1-3-23-8-13(10(2)21-23)15(25)20-16-19-9-24(22-16)7-11-4-5-12(18)6-14(11)17/h4-6,8-9H,3,7H2,1-2H3,(H,20,22,25). The van der Waals surface area contributed by atoms with Crippen LogP contribution in [0, 0.1) is 12.7 Å². The summed E-state index contributed by atoms with van der Waals surface area (Å²) in [6, 6.07) is 4.15. The Hall–Kier alpha value is -2.74. The SMILES string of the molecule is CCn1cc(C(=O)Nc2ncn(Cc3ccc(F)cc3Cl)n2)c(C)n1. The molecule has 1 aromatic carbocycles. The molecule has 0 saturated heterocycles. The van der Waals surface area contributed by atoms with Gasteiger partial charge in [-0.2, -0.15) is 5.10 Å². The van der Waals surface area contributed by atoms with Gasteiger partial charge in [-0.25, -0.2) is 14.1 Å². The Morgan fingerprint density at radius 1 is 1.32 bits per heavy atom. The molecule has 0 spiro atoms. The second-order valence-electron chi connectivity index (χ2n) is 5.44. The summed E-state index contributed by atoms with van der Waals surface area (Å²) in [6.07, 6.45) is 3.15. The van der Waals surface area contributed by atoms with Crippen LogP contribution in [0.25, 0.3) is 0 Å². The Kier molecular flexibility index (Phi) is 4.80. The van der Waals surface area contributed by atoms with Crippen molar-refractivity contribution in [1.82, 2.24) is 24.5 Å². The van der Waals surface area contributed by atoms with Crippen LogP contribution in [0.2, 0.25) is 5.02 Å². The van der Waals surface area contributed by atoms with Crippen molar-refractivity contribution in [3.8, 4) is 0 Å². The number of hydrogen-bond donors (Lipinski definition) is 1. The maximum Gasteiger partial charge on any atom is 0.261 e. The molecule has 130 valence electrons. The van der Waals surface area contributed by atoms with Crippen LogP contribution in [-0.2, 0) is 13.1 Å². The summed E-state index contributed by atoms with van der Waals surface area (Å²) in [6.45, 7) is 4.70. The summed E-state index contributed by atoms with van der Waals surface area (Å²) < 4.78 is 16.3. The highest BCUT2D eigenvalue weighted by molar-refractivity contribution is 6.31. The van der Waals surface area contributed by atoms with E-state index in [0.717, 1.165) is 0 Å². The maximum atomic E-state index is 13.1. The first-order chi connectivity index (χ1) is 12.0. The predicted molar refractivity (Wildman–Crippen MR) is 91.1 cm³/mol. The molecule has 3 aromatic rings. The normalized spacial score (nSPS) is 10.9. The van der Waals surface area contributed by atoms with Crippen LogP contribution in [0.5, 0.6) is 0 Å². The van der Waals surface area contributed by atoms with E-state index < -0.39 is 5.82 Å². The van der Waals surface area contributed by atoms with E-state index in [1.165, 1.54) is 23.1 Å². The predicted octanol–water partition coefficient (Wildman–Crippen LogP) is 2.90. The first-order valence-corrected chi connectivity index (χ1v) is 8.03. The number of amides is 1. The van der Waals surface area contributed by atoms with Crippen molar-refractivity contribution in [2.75, 3.05) is 5.32 Å². The molecule has 2 aromatic heterocycles. The van der Waals surface area contributed by atoms with E-state index in [9.17, 15) is 9.18 Å². The summed E-state index contributed by atoms with van der Waals surface area (Å²) >= 11 is 6.00. The number of carbonyl (C=O) groups is 1. The molecule has 9 heteroatoms. The Labute approximate surface area is 148 Å². The van der Waals surface area contributed by atoms with E-state index in [1.807, 2.05) is 6.92 Å². The van der Waals surface area contributed by atoms with Gasteiger partial charge in [0.25, 0.3) is 5.91 Å². The third-order valence-corrected chi connectivity index (χ3v) is 3.98. The zero-order valence-corrected chi connectivity index (χ0v) is 14.5. The molecule has 0 aliphatic heterocycles. The Balaban J connectivity index is 1.70. The van der Waals surface area contributed by atoms with Crippen LogP contribution in [-0.4, -0.2) is 30.5 Å². The van der Waals surface area contributed by atoms with E-state index in [1.54, 1.807) is 23.9 Å². The lowest BCUT2D eigenvalue weighted by molar-refractivity contribution is 0.102. The zero-order chi connectivity index (χ0) is 18.0. The first-order valence-electron chi connectivity index (χ1n) is 7.65. The fraction of sp³-hybridized carbons (Fsp3) is 0.250. The number of halogens is 2. The minimum atomic E-state index is -0.400. The molecule has 0 atom stereocenters. The van der Waals surface area contributed by atoms with Crippen LogP contribution in [0.1, 0.15) is 28.5 Å². The number of nitrogens with one attached hydrogen (secondary N) is 1. The van der Waals surface area contributed by atoms with Crippen LogP contribution in [0.15, 0.2) is 30.7 Å². The topological polar surface area (TPSA) is 77.6 Å². The van der Waals surface area contributed by atoms with Gasteiger partial charge in [0.2, 0.25) is 5.95 Å². The van der Waals surface area contributed by atoms with Gasteiger partial charge in [-0.3, -0.25) is 14.8 Å². The van der Waals surface area contributed by atoms with Crippen LogP contribution >= 0.6 is 11.6 Å². The highest BCUT2D eigenvalue weighted by Crippen LogP contribution is 2.18. The average molecular weight is 363 g/mol. The van der Waals surface area contributed by atoms with Crippen molar-refractivity contribution in [1.29, 1.82) is 0 Å². The smallest absolute Gasteiger partial charge is 0.261 e. The van der Waals surface area contributed by atoms with Crippen molar-refractivity contribution in [3.05, 3.63) is 58.4 Å². The Morgan fingerprint density at radius 3 is 2.80 bits per heavy atom. The number of carbonyl (C=O) groups excluding carboxylic acids is 1. The van der Waals surface area contributed by atoms with Gasteiger partial charge in [-0.05, 0) is 31.5 Å². The fourth-order valence-electron chi connectivity index (χ4n) is 2.32. The quantitative estimate of drug-likeness (QED) is 0.757. The van der Waals surface area contributed by atoms with Gasteiger partial charge in [-0.15, -0.1) is 5.10 Å². The summed E-state index contributed by atoms with van der Waals surface area (Å²) in [5.74, 6) is -0.551. The number of benzene rings is 1. The van der Waals surface area contributed by atoms with Gasteiger partial charge in [0.1, 0.15) is 12.1 Å². The van der Waals surface area contributed by atoms with Crippen molar-refractivity contribution in [2.24, 2.45) is 0 Å². The van der Waals surface area contributed by atoms with Crippen molar-refractivity contribution < 1.29 is 9.18 Å². The fourth-order valence-corrected chi connectivity index (χ4v) is 2.55. The minimum Gasteiger partial charge on any atom is -0.289 e. The third-order valence-electron chi connectivity index (χ3n) is 3.62. The Morgan fingerprint density at radius 2 is 2.12 bits per heavy atom. The average Bonchev–Trinajstić information content (AvgIpc) is 3.16. The molecule has 0 saturated carbocycles. The van der Waals surface area contributed by atoms with Crippen LogP contribution in [0.3, 0.4) is 0 Å². The molecule has 0 bridgehead atoms. The zero-order valence-electron chi connectivity index (χ0n) is 13.7. The van der Waals surface area contributed by atoms with Crippen molar-refractivity contribution in [3.63, 3.8) is 0 Å². The lowest BCUT2D eigenvalue weighted by Gasteiger charge is -2.04. The first kappa shape index (κ1) is 17.1. The van der Waals surface area contributed by atoms with Gasteiger partial charge in [0.15, 0.2) is 0 Å². The summed E-state index contributed by atoms with van der Waals surface area (Å²) in [4.78, 5) is 16.4. The number of nitrogens with zero attached hydrogens (tertiary/aromatic N) is 5. The monoisotopic (exact) mass is 362 g/mol. The molecular weight excluding hydrogens is 347 g/mol. The molecular formula is C16H16ClFN6O. The summed E-state index contributed by atoms with van der Waals surface area (Å²) in [7, 11) is 0. The van der Waals surface area contributed by atoms with Crippen LogP contribution in [0.4, 0.5) is 10.3 Å². The second-order valence-corrected chi connectivity index (χ2v) is 5.85. The molecule has 0 aliphatic rings. The van der Waals surface area contributed by atoms with E-state index in [0.29, 0.717) is 34.9 Å². The molecule has 0 fully saturated rings. The van der Waals surface area contributed by atoms with Gasteiger partial charge in [0, 0.05) is 17.8 Å². The van der Waals surface area contributed by atoms with E-state index in [2.05, 4.69) is 20.5 Å².